The van der Waals surface area contributed by atoms with Gasteiger partial charge in [0.1, 0.15) is 5.75 Å². The predicted octanol–water partition coefficient (Wildman–Crippen LogP) is 1.59. The van der Waals surface area contributed by atoms with Gasteiger partial charge in [0, 0.05) is 0 Å². The van der Waals surface area contributed by atoms with Crippen LogP contribution >= 0.6 is 0 Å². The lowest BCUT2D eigenvalue weighted by Gasteiger charge is -2.11. The first kappa shape index (κ1) is 17.0. The molecule has 0 saturated heterocycles. The van der Waals surface area contributed by atoms with Gasteiger partial charge in [-0.05, 0) is 24.3 Å². The lowest BCUT2D eigenvalue weighted by molar-refractivity contribution is -0.118. The van der Waals surface area contributed by atoms with E-state index in [9.17, 15) is 14.4 Å². The van der Waals surface area contributed by atoms with Crippen LogP contribution in [-0.2, 0) is 9.53 Å². The van der Waals surface area contributed by atoms with Crippen molar-refractivity contribution in [1.29, 1.82) is 0 Å². The summed E-state index contributed by atoms with van der Waals surface area (Å²) in [4.78, 5) is 35.0. The maximum atomic E-state index is 12.0. The zero-order chi connectivity index (χ0) is 17.5. The number of esters is 1. The second kappa shape index (κ2) is 7.77. The van der Waals surface area contributed by atoms with Gasteiger partial charge in [-0.15, -0.1) is 0 Å². The van der Waals surface area contributed by atoms with Crippen molar-refractivity contribution in [3.05, 3.63) is 59.7 Å². The number of primary amides is 1. The number of nitrogens with one attached hydrogen (secondary N) is 1. The van der Waals surface area contributed by atoms with Crippen LogP contribution in [0.1, 0.15) is 20.7 Å². The molecule has 7 nitrogen and oxygen atoms in total. The van der Waals surface area contributed by atoms with Gasteiger partial charge < -0.3 is 20.5 Å². The molecule has 0 fully saturated rings. The average Bonchev–Trinajstić information content (AvgIpc) is 2.60. The summed E-state index contributed by atoms with van der Waals surface area (Å²) in [6, 6.07) is 12.8. The smallest absolute Gasteiger partial charge is 0.339 e. The van der Waals surface area contributed by atoms with Crippen LogP contribution in [0.2, 0.25) is 0 Å². The molecule has 0 saturated carbocycles. The van der Waals surface area contributed by atoms with E-state index in [1.807, 2.05) is 0 Å². The Kier molecular flexibility index (Phi) is 5.51. The number of anilines is 1. The molecule has 2 aromatic rings. The van der Waals surface area contributed by atoms with Crippen molar-refractivity contribution in [2.45, 2.75) is 0 Å². The first-order valence-corrected chi connectivity index (χ1v) is 7.01. The number of para-hydroxylation sites is 2. The molecule has 2 amide bonds. The van der Waals surface area contributed by atoms with Gasteiger partial charge >= 0.3 is 5.97 Å². The fourth-order valence-electron chi connectivity index (χ4n) is 2.01. The molecule has 0 aliphatic heterocycles. The van der Waals surface area contributed by atoms with Crippen LogP contribution < -0.4 is 15.8 Å². The van der Waals surface area contributed by atoms with Crippen LogP contribution in [0.25, 0.3) is 0 Å². The summed E-state index contributed by atoms with van der Waals surface area (Å²) in [6.45, 7) is -0.347. The zero-order valence-electron chi connectivity index (χ0n) is 12.9. The molecule has 24 heavy (non-hydrogen) atoms. The highest BCUT2D eigenvalue weighted by Gasteiger charge is 2.14. The summed E-state index contributed by atoms with van der Waals surface area (Å²) in [5.41, 5.74) is 5.96. The Hall–Kier alpha value is -3.35. The molecule has 0 bridgehead atoms. The van der Waals surface area contributed by atoms with E-state index in [2.05, 4.69) is 10.1 Å². The van der Waals surface area contributed by atoms with Crippen LogP contribution in [0.3, 0.4) is 0 Å². The number of nitrogens with two attached hydrogens (primary N) is 1. The number of benzene rings is 2. The van der Waals surface area contributed by atoms with Crippen LogP contribution in [0.5, 0.6) is 5.75 Å². The summed E-state index contributed by atoms with van der Waals surface area (Å²) in [5, 5.41) is 2.56. The number of carbonyl (C=O) groups excluding carboxylic acids is 3. The topological polar surface area (TPSA) is 108 Å². The fourth-order valence-corrected chi connectivity index (χ4v) is 2.01. The standard InChI is InChI=1S/C17H16N2O5/c1-23-17(22)11-6-2-4-8-13(11)19-15(20)10-24-14-9-5-3-7-12(14)16(18)21/h2-9H,10H2,1H3,(H2,18,21)(H,19,20). The Morgan fingerprint density at radius 1 is 1.00 bits per heavy atom. The minimum absolute atomic E-state index is 0.181. The molecule has 0 aromatic heterocycles. The molecule has 0 atom stereocenters. The van der Waals surface area contributed by atoms with Gasteiger partial charge in [0.25, 0.3) is 11.8 Å². The van der Waals surface area contributed by atoms with Gasteiger partial charge in [0.15, 0.2) is 6.61 Å². The van der Waals surface area contributed by atoms with Crippen molar-refractivity contribution in [3.63, 3.8) is 0 Å². The predicted molar refractivity (Wildman–Crippen MR) is 86.9 cm³/mol. The van der Waals surface area contributed by atoms with Gasteiger partial charge in [-0.3, -0.25) is 9.59 Å². The fraction of sp³-hybridized carbons (Fsp3) is 0.118. The summed E-state index contributed by atoms with van der Waals surface area (Å²) in [6.07, 6.45) is 0. The zero-order valence-corrected chi connectivity index (χ0v) is 12.9. The molecular formula is C17H16N2O5. The van der Waals surface area contributed by atoms with Crippen molar-refractivity contribution in [2.24, 2.45) is 5.73 Å². The molecule has 0 spiro atoms. The first-order chi connectivity index (χ1) is 11.5. The third-order valence-corrected chi connectivity index (χ3v) is 3.12. The summed E-state index contributed by atoms with van der Waals surface area (Å²) < 4.78 is 9.99. The lowest BCUT2D eigenvalue weighted by Crippen LogP contribution is -2.23. The van der Waals surface area contributed by atoms with E-state index >= 15 is 0 Å². The Morgan fingerprint density at radius 2 is 1.62 bits per heavy atom. The SMILES string of the molecule is COC(=O)c1ccccc1NC(=O)COc1ccccc1C(N)=O. The molecule has 124 valence electrons. The van der Waals surface area contributed by atoms with Crippen molar-refractivity contribution in [1.82, 2.24) is 0 Å². The molecular weight excluding hydrogens is 312 g/mol. The molecule has 2 aromatic carbocycles. The normalized spacial score (nSPS) is 9.88. The molecule has 0 radical (unpaired) electrons. The number of ether oxygens (including phenoxy) is 2. The molecule has 7 heteroatoms. The maximum absolute atomic E-state index is 12.0. The molecule has 0 aliphatic carbocycles. The van der Waals surface area contributed by atoms with Gasteiger partial charge in [0.2, 0.25) is 0 Å². The van der Waals surface area contributed by atoms with Gasteiger partial charge in [-0.25, -0.2) is 4.79 Å². The Bertz CT molecular complexity index is 773. The summed E-state index contributed by atoms with van der Waals surface area (Å²) in [7, 11) is 1.25. The van der Waals surface area contributed by atoms with Gasteiger partial charge in [-0.2, -0.15) is 0 Å². The van der Waals surface area contributed by atoms with Crippen LogP contribution in [0, 0.1) is 0 Å². The second-order valence-electron chi connectivity index (χ2n) is 4.73. The van der Waals surface area contributed by atoms with Crippen molar-refractivity contribution in [3.8, 4) is 5.75 Å². The van der Waals surface area contributed by atoms with Crippen LogP contribution in [0.4, 0.5) is 5.69 Å². The van der Waals surface area contributed by atoms with Gasteiger partial charge in [0.05, 0.1) is 23.9 Å². The van der Waals surface area contributed by atoms with Crippen LogP contribution in [0.15, 0.2) is 48.5 Å². The molecule has 0 unspecified atom stereocenters. The number of carbonyl (C=O) groups is 3. The maximum Gasteiger partial charge on any atom is 0.339 e. The third-order valence-electron chi connectivity index (χ3n) is 3.12. The summed E-state index contributed by atoms with van der Waals surface area (Å²) >= 11 is 0. The van der Waals surface area contributed by atoms with E-state index in [4.69, 9.17) is 10.5 Å². The number of rotatable bonds is 6. The van der Waals surface area contributed by atoms with E-state index in [1.165, 1.54) is 25.3 Å². The summed E-state index contributed by atoms with van der Waals surface area (Å²) in [5.74, 6) is -1.50. The first-order valence-electron chi connectivity index (χ1n) is 7.01. The second-order valence-corrected chi connectivity index (χ2v) is 4.73. The van der Waals surface area contributed by atoms with E-state index in [0.29, 0.717) is 5.69 Å². The van der Waals surface area contributed by atoms with E-state index < -0.39 is 17.8 Å². The molecule has 0 aliphatic rings. The van der Waals surface area contributed by atoms with E-state index in [1.54, 1.807) is 30.3 Å². The highest BCUT2D eigenvalue weighted by atomic mass is 16.5. The minimum atomic E-state index is -0.651. The Balaban J connectivity index is 2.05. The Labute approximate surface area is 138 Å². The van der Waals surface area contributed by atoms with Crippen molar-refractivity contribution < 1.29 is 23.9 Å². The number of hydrogen-bond acceptors (Lipinski definition) is 5. The molecule has 3 N–H and O–H groups in total. The number of methoxy groups -OCH3 is 1. The van der Waals surface area contributed by atoms with Crippen molar-refractivity contribution >= 4 is 23.5 Å². The van der Waals surface area contributed by atoms with Crippen LogP contribution in [-0.4, -0.2) is 31.5 Å². The minimum Gasteiger partial charge on any atom is -0.483 e. The lowest BCUT2D eigenvalue weighted by atomic mass is 10.2. The highest BCUT2D eigenvalue weighted by Crippen LogP contribution is 2.18. The monoisotopic (exact) mass is 328 g/mol. The largest absolute Gasteiger partial charge is 0.483 e. The highest BCUT2D eigenvalue weighted by molar-refractivity contribution is 6.01. The quantitative estimate of drug-likeness (QED) is 0.783. The average molecular weight is 328 g/mol. The number of hydrogen-bond donors (Lipinski definition) is 2. The number of amides is 2. The van der Waals surface area contributed by atoms with Gasteiger partial charge in [-0.1, -0.05) is 24.3 Å². The Morgan fingerprint density at radius 3 is 2.29 bits per heavy atom. The molecule has 2 rings (SSSR count). The van der Waals surface area contributed by atoms with Crippen molar-refractivity contribution in [2.75, 3.05) is 19.0 Å². The van der Waals surface area contributed by atoms with E-state index in [0.717, 1.165) is 0 Å². The third kappa shape index (κ3) is 4.10. The molecule has 0 heterocycles. The van der Waals surface area contributed by atoms with E-state index in [-0.39, 0.29) is 23.5 Å².